The number of hydrogen-bond acceptors (Lipinski definition) is 3. The zero-order valence-corrected chi connectivity index (χ0v) is 38.5. The molecule has 62 heavy (non-hydrogen) atoms. The van der Waals surface area contributed by atoms with E-state index in [0.29, 0.717) is 5.82 Å². The Morgan fingerprint density at radius 2 is 0.984 bits per heavy atom. The Morgan fingerprint density at radius 3 is 1.60 bits per heavy atom. The van der Waals surface area contributed by atoms with Gasteiger partial charge in [0.05, 0.1) is 17.1 Å². The van der Waals surface area contributed by atoms with Crippen LogP contribution in [0.1, 0.15) is 23.6 Å². The molecular weight excluding hydrogens is 977 g/mol. The Morgan fingerprint density at radius 1 is 0.468 bits per heavy atom. The third-order valence-electron chi connectivity index (χ3n) is 10.6. The first-order valence-corrected chi connectivity index (χ1v) is 20.4. The second-order valence-electron chi connectivity index (χ2n) is 14.8. The monoisotopic (exact) mass is 1020 g/mol. The van der Waals surface area contributed by atoms with Crippen molar-refractivity contribution in [2.24, 2.45) is 4.99 Å². The first-order valence-electron chi connectivity index (χ1n) is 20.4. The number of aromatic nitrogens is 2. The summed E-state index contributed by atoms with van der Waals surface area (Å²) in [6.45, 7) is 6.42. The van der Waals surface area contributed by atoms with Crippen molar-refractivity contribution in [3.63, 3.8) is 0 Å². The van der Waals surface area contributed by atoms with Gasteiger partial charge in [0.15, 0.2) is 5.82 Å². The summed E-state index contributed by atoms with van der Waals surface area (Å²) < 4.78 is 0. The fourth-order valence-corrected chi connectivity index (χ4v) is 7.33. The molecule has 0 N–H and O–H groups in total. The maximum Gasteiger partial charge on any atom is 2.00 e. The minimum absolute atomic E-state index is 0. The Labute approximate surface area is 388 Å². The Kier molecular flexibility index (Phi) is 13.2. The van der Waals surface area contributed by atoms with Crippen LogP contribution in [0.2, 0.25) is 0 Å². The van der Waals surface area contributed by atoms with Crippen molar-refractivity contribution < 1.29 is 31.1 Å². The van der Waals surface area contributed by atoms with Gasteiger partial charge >= 0.3 is 31.1 Å². The van der Waals surface area contributed by atoms with E-state index >= 15 is 0 Å². The summed E-state index contributed by atoms with van der Waals surface area (Å²) in [5, 5.41) is 0. The molecule has 0 bridgehead atoms. The standard InChI is InChI=1S/C58H41N3.U/c1-41(43-18-8-3-9-19-43)36-55(48-22-12-5-13-23-48)59-42(2)44-28-30-46(31-29-44)53-37-52(45-20-10-4-11-21-45)38-54(39-53)47-32-34-50(35-33-47)57-40-56(49-24-14-6-15-25-49)60-58(61-57)51-26-16-7-17-27-51;/h3-20,22-36,38-40H,1H2,2H3;/q-2;+2/b55-36-,59-42?;. The molecule has 8 aromatic carbocycles. The summed E-state index contributed by atoms with van der Waals surface area (Å²) >= 11 is 0. The van der Waals surface area contributed by atoms with Crippen LogP contribution in [-0.4, -0.2) is 15.7 Å². The van der Waals surface area contributed by atoms with Crippen molar-refractivity contribution in [3.05, 3.63) is 254 Å². The van der Waals surface area contributed by atoms with Crippen LogP contribution in [0, 0.1) is 43.2 Å². The predicted molar refractivity (Wildman–Crippen MR) is 254 cm³/mol. The van der Waals surface area contributed by atoms with Gasteiger partial charge < -0.3 is 0 Å². The molecule has 0 atom stereocenters. The zero-order chi connectivity index (χ0) is 41.4. The summed E-state index contributed by atoms with van der Waals surface area (Å²) in [4.78, 5) is 15.2. The summed E-state index contributed by atoms with van der Waals surface area (Å²) in [7, 11) is 0. The molecule has 0 aliphatic carbocycles. The molecule has 0 aliphatic rings. The molecule has 0 aliphatic heterocycles. The number of allylic oxidation sites excluding steroid dienone is 2. The molecule has 9 rings (SSSR count). The van der Waals surface area contributed by atoms with E-state index in [-0.39, 0.29) is 31.1 Å². The molecule has 4 heteroatoms. The van der Waals surface area contributed by atoms with Gasteiger partial charge in [0.1, 0.15) is 0 Å². The fourth-order valence-electron chi connectivity index (χ4n) is 7.33. The van der Waals surface area contributed by atoms with E-state index in [1.165, 1.54) is 0 Å². The van der Waals surface area contributed by atoms with Crippen molar-refractivity contribution >= 4 is 17.0 Å². The summed E-state index contributed by atoms with van der Waals surface area (Å²) in [5.41, 5.74) is 16.8. The van der Waals surface area contributed by atoms with Crippen LogP contribution in [0.4, 0.5) is 0 Å². The molecule has 1 heterocycles. The maximum absolute atomic E-state index is 5.16. The average molecular weight is 1020 g/mol. The molecule has 0 fully saturated rings. The Bertz CT molecular complexity index is 2920. The van der Waals surface area contributed by atoms with Crippen LogP contribution >= 0.6 is 0 Å². The van der Waals surface area contributed by atoms with Crippen molar-refractivity contribution in [2.45, 2.75) is 6.92 Å². The molecule has 0 unspecified atom stereocenters. The molecule has 9 aromatic rings. The van der Waals surface area contributed by atoms with E-state index < -0.39 is 0 Å². The van der Waals surface area contributed by atoms with Crippen molar-refractivity contribution in [2.75, 3.05) is 0 Å². The molecule has 292 valence electrons. The van der Waals surface area contributed by atoms with Crippen LogP contribution in [0.3, 0.4) is 0 Å². The summed E-state index contributed by atoms with van der Waals surface area (Å²) in [6, 6.07) is 79.8. The van der Waals surface area contributed by atoms with Crippen molar-refractivity contribution in [1.82, 2.24) is 9.97 Å². The molecular formula is C58H41N3U. The predicted octanol–water partition coefficient (Wildman–Crippen LogP) is 14.6. The second kappa shape index (κ2) is 19.6. The third-order valence-corrected chi connectivity index (χ3v) is 10.6. The molecule has 0 spiro atoms. The second-order valence-corrected chi connectivity index (χ2v) is 14.8. The Balaban J connectivity index is 0.00000529. The number of hydrogen-bond donors (Lipinski definition) is 0. The topological polar surface area (TPSA) is 38.1 Å². The van der Waals surface area contributed by atoms with E-state index in [4.69, 9.17) is 15.0 Å². The van der Waals surface area contributed by atoms with E-state index in [9.17, 15) is 0 Å². The van der Waals surface area contributed by atoms with E-state index in [1.54, 1.807) is 0 Å². The molecule has 0 amide bonds. The van der Waals surface area contributed by atoms with Crippen LogP contribution < -0.4 is 0 Å². The smallest absolute Gasteiger partial charge is 0.252 e. The van der Waals surface area contributed by atoms with Gasteiger partial charge in [0, 0.05) is 28.0 Å². The third kappa shape index (κ3) is 9.81. The van der Waals surface area contributed by atoms with Crippen LogP contribution in [-0.2, 0) is 0 Å². The minimum Gasteiger partial charge on any atom is -0.252 e. The van der Waals surface area contributed by atoms with Crippen LogP contribution in [0.15, 0.2) is 230 Å². The maximum atomic E-state index is 5.16. The molecule has 0 radical (unpaired) electrons. The minimum atomic E-state index is 0. The Hall–Kier alpha value is -6.96. The number of aliphatic imine (C=N–C) groups is 1. The van der Waals surface area contributed by atoms with E-state index in [2.05, 4.69) is 153 Å². The quantitative estimate of drug-likeness (QED) is 0.0736. The van der Waals surface area contributed by atoms with Gasteiger partial charge in [-0.15, -0.1) is 17.7 Å². The zero-order valence-electron chi connectivity index (χ0n) is 34.3. The van der Waals surface area contributed by atoms with Crippen LogP contribution in [0.25, 0.3) is 78.6 Å². The first-order chi connectivity index (χ1) is 30.0. The largest absolute Gasteiger partial charge is 2.00 e. The summed E-state index contributed by atoms with van der Waals surface area (Å²) in [5.74, 6) is 0.697. The van der Waals surface area contributed by atoms with Gasteiger partial charge in [-0.3, -0.25) is 4.99 Å². The summed E-state index contributed by atoms with van der Waals surface area (Å²) in [6.07, 6.45) is 2.06. The molecule has 0 saturated carbocycles. The van der Waals surface area contributed by atoms with Gasteiger partial charge in [0.2, 0.25) is 0 Å². The fraction of sp³-hybridized carbons (Fsp3) is 0.0172. The average Bonchev–Trinajstić information content (AvgIpc) is 3.35. The number of benzene rings is 8. The SMILES string of the molecule is C=C(/C=C(\N=C(C)c1ccc(-c2[c-]c(-c3[c-]cccc3)cc(-c3ccc(-c4cc(-c5ccccc5)nc(-c5ccccc5)n4)cc3)c2)cc1)c1ccccc1)c1ccccc1.[U+2]. The van der Waals surface area contributed by atoms with Gasteiger partial charge in [-0.2, -0.15) is 42.0 Å². The van der Waals surface area contributed by atoms with Crippen LogP contribution in [0.5, 0.6) is 0 Å². The number of nitrogens with zero attached hydrogens (tertiary/aromatic N) is 3. The van der Waals surface area contributed by atoms with E-state index in [1.807, 2.05) is 91.0 Å². The molecule has 3 nitrogen and oxygen atoms in total. The molecule has 1 aromatic heterocycles. The van der Waals surface area contributed by atoms with Gasteiger partial charge in [-0.25, -0.2) is 15.5 Å². The number of rotatable bonds is 11. The van der Waals surface area contributed by atoms with Gasteiger partial charge in [-0.1, -0.05) is 188 Å². The van der Waals surface area contributed by atoms with E-state index in [0.717, 1.165) is 95.1 Å². The normalized spacial score (nSPS) is 11.4. The van der Waals surface area contributed by atoms with Crippen molar-refractivity contribution in [1.29, 1.82) is 0 Å². The van der Waals surface area contributed by atoms with Gasteiger partial charge in [0.25, 0.3) is 0 Å². The van der Waals surface area contributed by atoms with Gasteiger partial charge in [-0.05, 0) is 41.3 Å². The van der Waals surface area contributed by atoms with Crippen molar-refractivity contribution in [3.8, 4) is 67.3 Å². The first kappa shape index (κ1) is 41.8. The molecule has 0 saturated heterocycles.